The van der Waals surface area contributed by atoms with Gasteiger partial charge in [-0.25, -0.2) is 0 Å². The molecule has 0 unspecified atom stereocenters. The third-order valence-electron chi connectivity index (χ3n) is 2.50. The number of rotatable bonds is 4. The number of nitro benzene ring substituents is 1. The van der Waals surface area contributed by atoms with Gasteiger partial charge < -0.3 is 5.32 Å². The van der Waals surface area contributed by atoms with Crippen molar-refractivity contribution >= 4 is 22.7 Å². The van der Waals surface area contributed by atoms with Crippen LogP contribution in [0.1, 0.15) is 0 Å². The fourth-order valence-corrected chi connectivity index (χ4v) is 1.45. The van der Waals surface area contributed by atoms with Gasteiger partial charge in [-0.2, -0.15) is 10.2 Å². The van der Waals surface area contributed by atoms with Gasteiger partial charge in [0.15, 0.2) is 0 Å². The van der Waals surface area contributed by atoms with Crippen LogP contribution < -0.4 is 5.32 Å². The molecule has 0 saturated carbocycles. The van der Waals surface area contributed by atoms with Gasteiger partial charge in [0.2, 0.25) is 0 Å². The molecule has 0 aliphatic carbocycles. The minimum absolute atomic E-state index is 0.0392. The van der Waals surface area contributed by atoms with Crippen molar-refractivity contribution in [1.82, 2.24) is 0 Å². The Kier molecular flexibility index (Phi) is 3.82. The number of nitrogens with zero attached hydrogens (tertiary/aromatic N) is 3. The number of hydrogen-bond acceptors (Lipinski definition) is 5. The van der Waals surface area contributed by atoms with E-state index in [2.05, 4.69) is 15.5 Å². The molecule has 0 bridgehead atoms. The molecule has 0 radical (unpaired) electrons. The lowest BCUT2D eigenvalue weighted by Crippen LogP contribution is -1.85. The van der Waals surface area contributed by atoms with Crippen LogP contribution in [0.2, 0.25) is 0 Å². The van der Waals surface area contributed by atoms with E-state index in [-0.39, 0.29) is 5.69 Å². The SMILES string of the molecule is CNc1ccc(N=Nc2ccc([N+](=O)[O-])cc2)cc1. The number of hydrogen-bond donors (Lipinski definition) is 1. The Morgan fingerprint density at radius 2 is 1.42 bits per heavy atom. The van der Waals surface area contributed by atoms with Crippen LogP contribution in [-0.4, -0.2) is 12.0 Å². The monoisotopic (exact) mass is 256 g/mol. The van der Waals surface area contributed by atoms with Gasteiger partial charge >= 0.3 is 0 Å². The molecule has 2 rings (SSSR count). The molecule has 0 amide bonds. The lowest BCUT2D eigenvalue weighted by atomic mass is 10.3. The number of nitrogens with one attached hydrogen (secondary N) is 1. The maximum absolute atomic E-state index is 10.5. The predicted molar refractivity (Wildman–Crippen MR) is 73.3 cm³/mol. The summed E-state index contributed by atoms with van der Waals surface area (Å²) in [4.78, 5) is 10.1. The highest BCUT2D eigenvalue weighted by molar-refractivity contribution is 5.51. The summed E-state index contributed by atoms with van der Waals surface area (Å²) in [6.45, 7) is 0. The largest absolute Gasteiger partial charge is 0.388 e. The molecular weight excluding hydrogens is 244 g/mol. The van der Waals surface area contributed by atoms with Crippen LogP contribution in [-0.2, 0) is 0 Å². The molecule has 0 aliphatic rings. The van der Waals surface area contributed by atoms with Gasteiger partial charge in [0.1, 0.15) is 0 Å². The van der Waals surface area contributed by atoms with Gasteiger partial charge in [-0.05, 0) is 36.4 Å². The zero-order valence-electron chi connectivity index (χ0n) is 10.3. The Bertz CT molecular complexity index is 591. The summed E-state index contributed by atoms with van der Waals surface area (Å²) in [5.74, 6) is 0. The van der Waals surface area contributed by atoms with Crippen LogP contribution in [0, 0.1) is 10.1 Å². The van der Waals surface area contributed by atoms with Crippen LogP contribution in [0.25, 0.3) is 0 Å². The Morgan fingerprint density at radius 1 is 0.947 bits per heavy atom. The van der Waals surface area contributed by atoms with E-state index in [1.54, 1.807) is 12.1 Å². The van der Waals surface area contributed by atoms with Crippen LogP contribution in [0.4, 0.5) is 22.7 Å². The van der Waals surface area contributed by atoms with Crippen LogP contribution in [0.15, 0.2) is 58.8 Å². The first-order valence-corrected chi connectivity index (χ1v) is 5.63. The Balaban J connectivity index is 2.10. The Morgan fingerprint density at radius 3 is 1.84 bits per heavy atom. The number of anilines is 1. The summed E-state index contributed by atoms with van der Waals surface area (Å²) in [5, 5.41) is 21.6. The molecule has 0 spiro atoms. The predicted octanol–water partition coefficient (Wildman–Crippen LogP) is 4.05. The van der Waals surface area contributed by atoms with Gasteiger partial charge in [0, 0.05) is 24.9 Å². The molecule has 0 aliphatic heterocycles. The zero-order valence-corrected chi connectivity index (χ0v) is 10.3. The summed E-state index contributed by atoms with van der Waals surface area (Å²) < 4.78 is 0. The molecule has 0 saturated heterocycles. The van der Waals surface area contributed by atoms with Crippen LogP contribution >= 0.6 is 0 Å². The first-order chi connectivity index (χ1) is 9.19. The lowest BCUT2D eigenvalue weighted by Gasteiger charge is -1.98. The molecule has 0 heterocycles. The van der Waals surface area contributed by atoms with Crippen molar-refractivity contribution in [2.45, 2.75) is 0 Å². The average Bonchev–Trinajstić information content (AvgIpc) is 2.46. The smallest absolute Gasteiger partial charge is 0.269 e. The highest BCUT2D eigenvalue weighted by atomic mass is 16.6. The summed E-state index contributed by atoms with van der Waals surface area (Å²) in [6, 6.07) is 13.4. The summed E-state index contributed by atoms with van der Waals surface area (Å²) in [7, 11) is 1.84. The molecule has 0 atom stereocenters. The highest BCUT2D eigenvalue weighted by Crippen LogP contribution is 2.22. The molecule has 19 heavy (non-hydrogen) atoms. The molecule has 96 valence electrons. The van der Waals surface area contributed by atoms with Gasteiger partial charge in [0.25, 0.3) is 5.69 Å². The second kappa shape index (κ2) is 5.72. The van der Waals surface area contributed by atoms with Gasteiger partial charge in [0.05, 0.1) is 16.3 Å². The van der Waals surface area contributed by atoms with Gasteiger partial charge in [-0.3, -0.25) is 10.1 Å². The minimum atomic E-state index is -0.447. The second-order valence-corrected chi connectivity index (χ2v) is 3.77. The third-order valence-corrected chi connectivity index (χ3v) is 2.50. The van der Waals surface area contributed by atoms with E-state index < -0.39 is 4.92 Å². The fourth-order valence-electron chi connectivity index (χ4n) is 1.45. The van der Waals surface area contributed by atoms with Crippen molar-refractivity contribution in [3.05, 3.63) is 58.6 Å². The van der Waals surface area contributed by atoms with Crippen molar-refractivity contribution in [2.75, 3.05) is 12.4 Å². The van der Waals surface area contributed by atoms with E-state index >= 15 is 0 Å². The number of benzene rings is 2. The maximum atomic E-state index is 10.5. The van der Waals surface area contributed by atoms with E-state index in [1.807, 2.05) is 31.3 Å². The topological polar surface area (TPSA) is 79.9 Å². The van der Waals surface area contributed by atoms with E-state index in [0.29, 0.717) is 5.69 Å². The summed E-state index contributed by atoms with van der Waals surface area (Å²) in [6.07, 6.45) is 0. The van der Waals surface area contributed by atoms with E-state index in [1.165, 1.54) is 12.1 Å². The highest BCUT2D eigenvalue weighted by Gasteiger charge is 2.02. The average molecular weight is 256 g/mol. The molecule has 2 aromatic rings. The van der Waals surface area contributed by atoms with E-state index in [9.17, 15) is 10.1 Å². The second-order valence-electron chi connectivity index (χ2n) is 3.77. The normalized spacial score (nSPS) is 10.6. The third kappa shape index (κ3) is 3.35. The summed E-state index contributed by atoms with van der Waals surface area (Å²) >= 11 is 0. The minimum Gasteiger partial charge on any atom is -0.388 e. The summed E-state index contributed by atoms with van der Waals surface area (Å²) in [5.41, 5.74) is 2.33. The van der Waals surface area contributed by atoms with Crippen molar-refractivity contribution in [2.24, 2.45) is 10.2 Å². The van der Waals surface area contributed by atoms with Gasteiger partial charge in [-0.15, -0.1) is 0 Å². The fraction of sp³-hybridized carbons (Fsp3) is 0.0769. The van der Waals surface area contributed by atoms with Gasteiger partial charge in [-0.1, -0.05) is 0 Å². The molecule has 6 heteroatoms. The molecule has 0 fully saturated rings. The standard InChI is InChI=1S/C13H12N4O2/c1-14-10-2-4-11(5-3-10)15-16-12-6-8-13(9-7-12)17(18)19/h2-9,14H,1H3. The first kappa shape index (κ1) is 12.7. The van der Waals surface area contributed by atoms with E-state index in [4.69, 9.17) is 0 Å². The quantitative estimate of drug-likeness (QED) is 0.509. The lowest BCUT2D eigenvalue weighted by molar-refractivity contribution is -0.384. The molecule has 1 N–H and O–H groups in total. The zero-order chi connectivity index (χ0) is 13.7. The molecule has 0 aromatic heterocycles. The molecular formula is C13H12N4O2. The van der Waals surface area contributed by atoms with Crippen LogP contribution in [0.5, 0.6) is 0 Å². The number of non-ortho nitro benzene ring substituents is 1. The maximum Gasteiger partial charge on any atom is 0.269 e. The van der Waals surface area contributed by atoms with Crippen molar-refractivity contribution in [3.8, 4) is 0 Å². The van der Waals surface area contributed by atoms with Crippen molar-refractivity contribution in [3.63, 3.8) is 0 Å². The number of nitro groups is 1. The number of azo groups is 1. The first-order valence-electron chi connectivity index (χ1n) is 5.63. The Hall–Kier alpha value is -2.76. The molecule has 6 nitrogen and oxygen atoms in total. The Labute approximate surface area is 110 Å². The van der Waals surface area contributed by atoms with Crippen LogP contribution in [0.3, 0.4) is 0 Å². The van der Waals surface area contributed by atoms with E-state index in [0.717, 1.165) is 11.4 Å². The molecule has 2 aromatic carbocycles. The van der Waals surface area contributed by atoms with Crippen molar-refractivity contribution in [1.29, 1.82) is 0 Å². The van der Waals surface area contributed by atoms with Crippen molar-refractivity contribution < 1.29 is 4.92 Å².